The van der Waals surface area contributed by atoms with Crippen molar-refractivity contribution >= 4 is 115 Å². The van der Waals surface area contributed by atoms with Crippen LogP contribution in [0.1, 0.15) is 68.4 Å². The number of hydrogen-bond donors (Lipinski definition) is 2. The molecule has 1 fully saturated rings. The van der Waals surface area contributed by atoms with E-state index in [9.17, 15) is 26.4 Å². The Hall–Kier alpha value is -3.28. The Morgan fingerprint density at radius 2 is 1.10 bits per heavy atom. The third kappa shape index (κ3) is 20.1. The first kappa shape index (κ1) is 63.0. The first-order chi connectivity index (χ1) is 33.1. The minimum absolute atomic E-state index is 0. The number of aromatic nitrogens is 5. The van der Waals surface area contributed by atoms with Crippen LogP contribution in [0.3, 0.4) is 0 Å². The third-order valence-corrected chi connectivity index (χ3v) is 14.0. The van der Waals surface area contributed by atoms with E-state index in [4.69, 9.17) is 29.5 Å². The van der Waals surface area contributed by atoms with Crippen LogP contribution in [0.25, 0.3) is 11.1 Å². The zero-order valence-electron chi connectivity index (χ0n) is 41.2. The smallest absolute Gasteiger partial charge is 0.773 e. The van der Waals surface area contributed by atoms with E-state index >= 15 is 0 Å². The predicted molar refractivity (Wildman–Crippen MR) is 286 cm³/mol. The van der Waals surface area contributed by atoms with Crippen LogP contribution in [0, 0.1) is 0 Å². The molecule has 19 nitrogen and oxygen atoms in total. The minimum atomic E-state index is -3.12. The zero-order valence-corrected chi connectivity index (χ0v) is 50.4. The van der Waals surface area contributed by atoms with Crippen LogP contribution >= 0.6 is 47.8 Å². The van der Waals surface area contributed by atoms with Crippen molar-refractivity contribution in [2.24, 2.45) is 11.5 Å². The van der Waals surface area contributed by atoms with Crippen molar-refractivity contribution in [2.75, 3.05) is 41.7 Å². The first-order valence-corrected chi connectivity index (χ1v) is 29.9. The monoisotopic (exact) mass is 1250 g/mol. The van der Waals surface area contributed by atoms with Gasteiger partial charge in [0.2, 0.25) is 0 Å². The molecule has 0 saturated carbocycles. The van der Waals surface area contributed by atoms with E-state index in [2.05, 4.69) is 72.7 Å². The Morgan fingerprint density at radius 3 is 1.53 bits per heavy atom. The summed E-state index contributed by atoms with van der Waals surface area (Å²) in [6, 6.07) is 8.57. The number of urea groups is 2. The average molecular weight is 1250 g/mol. The van der Waals surface area contributed by atoms with Crippen LogP contribution in [0.15, 0.2) is 88.9 Å². The molecule has 8 heterocycles. The summed E-state index contributed by atoms with van der Waals surface area (Å²) >= 11 is 8.00. The number of hydrogen-bond acceptors (Lipinski definition) is 15. The zero-order chi connectivity index (χ0) is 52.9. The van der Waals surface area contributed by atoms with Gasteiger partial charge in [-0.1, -0.05) is 33.1 Å². The van der Waals surface area contributed by atoms with Crippen LogP contribution in [0.5, 0.6) is 0 Å². The summed E-state index contributed by atoms with van der Waals surface area (Å²) in [5.41, 5.74) is 17.0. The van der Waals surface area contributed by atoms with Crippen molar-refractivity contribution in [3.8, 4) is 11.1 Å². The Morgan fingerprint density at radius 1 is 0.694 bits per heavy atom. The molecule has 3 aliphatic rings. The largest absolute Gasteiger partial charge is 1.00 e. The maximum Gasteiger partial charge on any atom is 1.00 e. The molecule has 8 rings (SSSR count). The molecule has 3 aliphatic heterocycles. The molecule has 384 valence electrons. The van der Waals surface area contributed by atoms with E-state index in [1.54, 1.807) is 55.5 Å². The van der Waals surface area contributed by atoms with Crippen molar-refractivity contribution in [1.29, 1.82) is 0 Å². The summed E-state index contributed by atoms with van der Waals surface area (Å²) in [5.74, 6) is 1.23. The number of nitrogens with zero attached hydrogens (tertiary/aromatic N) is 7. The van der Waals surface area contributed by atoms with E-state index in [1.165, 1.54) is 27.9 Å². The standard InChI is InChI=1S/C16H18N4O3S.C15H22BN3O3.C7H8BrNO2S.C6H5Br2N.CH4O2S.Na/c1-24(22,23)10-11-5-13(8-18-7-11)14-6-12-3-2-4-20(16(17)21)15(12)19-9-14;1-14(2)15(3,4)22-16(21-14)11-8-10-6-5-7-19(13(17)20)12(10)18-9-11;1-12(10,11)5-6-2-7(8)4-9-3-6;7-2-5-1-6(8)4-9-3-5;1-4(2)3;/h5-9H,2-4,10H2,1H3,(H2,17,21);8-9H,5-7H2,1-4H3,(H2,17,20);2-4H,5H2,1H3;1,3-4H,2H2;1H3,(H,2,3);/q;;;;;+1/p-1. The Bertz CT molecular complexity index is 2910. The van der Waals surface area contributed by atoms with Gasteiger partial charge in [-0.05, 0) is 144 Å². The van der Waals surface area contributed by atoms with Gasteiger partial charge >= 0.3 is 48.7 Å². The summed E-state index contributed by atoms with van der Waals surface area (Å²) in [6.45, 7) is 9.27. The number of alkyl halides is 1. The predicted octanol–water partition coefficient (Wildman–Crippen LogP) is 3.36. The van der Waals surface area contributed by atoms with Crippen LogP contribution in [0.2, 0.25) is 0 Å². The SMILES string of the molecule is BrCc1cncc(Br)c1.CC1(C)OB(c2cnc3c(c2)CCCN3C(N)=O)OC1(C)C.CS(=O)(=O)Cc1cncc(-c2cnc3c(c2)CCCN3C(N)=O)c1.CS(=O)(=O)Cc1cncc(Br)c1.CS(=O)[O-].[Na+]. The Balaban J connectivity index is 0.000000261. The van der Waals surface area contributed by atoms with Gasteiger partial charge in [0.15, 0.2) is 19.7 Å². The van der Waals surface area contributed by atoms with Crippen LogP contribution in [-0.2, 0) is 69.7 Å². The van der Waals surface area contributed by atoms with E-state index in [1.807, 2.05) is 52.1 Å². The van der Waals surface area contributed by atoms with E-state index in [0.29, 0.717) is 35.9 Å². The van der Waals surface area contributed by atoms with Crippen LogP contribution < -0.4 is 56.3 Å². The van der Waals surface area contributed by atoms with Gasteiger partial charge in [0.05, 0.1) is 22.7 Å². The molecule has 0 aromatic carbocycles. The molecule has 5 aromatic heterocycles. The molecule has 0 bridgehead atoms. The number of nitrogens with two attached hydrogens (primary N) is 2. The van der Waals surface area contributed by atoms with Gasteiger partial charge in [-0.25, -0.2) is 36.4 Å². The number of carbonyl (C=O) groups excluding carboxylic acids is 2. The van der Waals surface area contributed by atoms with Crippen molar-refractivity contribution in [3.05, 3.63) is 117 Å². The second kappa shape index (κ2) is 28.0. The molecule has 1 saturated heterocycles. The number of primary amides is 2. The van der Waals surface area contributed by atoms with Crippen LogP contribution in [-0.4, -0.2) is 113 Å². The third-order valence-electron chi connectivity index (χ3n) is 10.8. The summed E-state index contributed by atoms with van der Waals surface area (Å²) in [5, 5.41) is 0.861. The minimum Gasteiger partial charge on any atom is -0.773 e. The quantitative estimate of drug-likeness (QED) is 0.134. The second-order valence-electron chi connectivity index (χ2n) is 17.5. The van der Waals surface area contributed by atoms with E-state index in [0.717, 1.165) is 73.9 Å². The summed E-state index contributed by atoms with van der Waals surface area (Å²) in [4.78, 5) is 46.7. The molecular formula is C45H56BBr3N9NaO10S3. The molecule has 72 heavy (non-hydrogen) atoms. The molecule has 5 aromatic rings. The topological polar surface area (TPSA) is 284 Å². The number of pyridine rings is 5. The number of halogens is 3. The molecule has 4 amide bonds. The summed E-state index contributed by atoms with van der Waals surface area (Å²) in [6.07, 6.45) is 20.2. The second-order valence-corrected chi connectivity index (χ2v) is 25.0. The number of fused-ring (bicyclic) bond motifs is 2. The van der Waals surface area contributed by atoms with Crippen molar-refractivity contribution in [1.82, 2.24) is 24.9 Å². The fraction of sp³-hybridized carbons (Fsp3) is 0.400. The molecule has 1 unspecified atom stereocenters. The van der Waals surface area contributed by atoms with Crippen molar-refractivity contribution < 1.29 is 74.1 Å². The van der Waals surface area contributed by atoms with E-state index < -0.39 is 49.9 Å². The average Bonchev–Trinajstić information content (AvgIpc) is 3.50. The number of anilines is 2. The maximum absolute atomic E-state index is 11.5. The normalized spacial score (nSPS) is 15.6. The van der Waals surface area contributed by atoms with E-state index in [-0.39, 0.29) is 52.3 Å². The number of carbonyl (C=O) groups is 2. The number of amides is 4. The summed E-state index contributed by atoms with van der Waals surface area (Å²) < 4.78 is 76.6. The van der Waals surface area contributed by atoms with Gasteiger partial charge in [0.1, 0.15) is 11.6 Å². The number of aryl methyl sites for hydroxylation is 2. The number of sulfone groups is 2. The first-order valence-electron chi connectivity index (χ1n) is 21.6. The molecule has 27 heteroatoms. The molecule has 0 spiro atoms. The van der Waals surface area contributed by atoms with Crippen LogP contribution in [0.4, 0.5) is 21.2 Å². The fourth-order valence-electron chi connectivity index (χ4n) is 7.03. The van der Waals surface area contributed by atoms with Gasteiger partial charge in [-0.2, -0.15) is 0 Å². The fourth-order valence-corrected chi connectivity index (χ4v) is 9.69. The molecule has 0 aliphatic carbocycles. The molecular weight excluding hydrogens is 1200 g/mol. The Kier molecular flexibility index (Phi) is 24.5. The van der Waals surface area contributed by atoms with Gasteiger partial charge < -0.3 is 25.3 Å². The maximum atomic E-state index is 11.5. The van der Waals surface area contributed by atoms with Crippen molar-refractivity contribution in [2.45, 2.75) is 81.4 Å². The summed E-state index contributed by atoms with van der Waals surface area (Å²) in [7, 11) is -6.51. The van der Waals surface area contributed by atoms with Crippen molar-refractivity contribution in [3.63, 3.8) is 0 Å². The van der Waals surface area contributed by atoms with Gasteiger partial charge in [0.25, 0.3) is 0 Å². The van der Waals surface area contributed by atoms with Gasteiger partial charge in [0, 0.05) is 106 Å². The van der Waals surface area contributed by atoms with Gasteiger partial charge in [-0.3, -0.25) is 29.0 Å². The number of rotatable bonds is 7. The molecule has 0 radical (unpaired) electrons. The Labute approximate surface area is 471 Å². The van der Waals surface area contributed by atoms with Gasteiger partial charge in [-0.15, -0.1) is 0 Å². The molecule has 4 N–H and O–H groups in total. The molecule has 1 atom stereocenters.